The summed E-state index contributed by atoms with van der Waals surface area (Å²) in [5.74, 6) is -1.21. The van der Waals surface area contributed by atoms with Gasteiger partial charge >= 0.3 is 5.97 Å². The first-order valence-corrected chi connectivity index (χ1v) is 6.42. The maximum atomic E-state index is 11.8. The van der Waals surface area contributed by atoms with Crippen molar-refractivity contribution >= 4 is 16.0 Å². The summed E-state index contributed by atoms with van der Waals surface area (Å²) in [6.07, 6.45) is 0.298. The normalized spacial score (nSPS) is 15.4. The second-order valence-corrected chi connectivity index (χ2v) is 5.52. The molecule has 0 saturated carbocycles. The number of hydrogen-bond acceptors (Lipinski definition) is 4. The molecule has 2 unspecified atom stereocenters. The monoisotopic (exact) mass is 248 g/mol. The van der Waals surface area contributed by atoms with E-state index in [-0.39, 0.29) is 12.8 Å². The van der Waals surface area contributed by atoms with Crippen molar-refractivity contribution in [3.63, 3.8) is 0 Å². The van der Waals surface area contributed by atoms with E-state index in [1.165, 1.54) is 7.05 Å². The standard InChI is InChI=1S/C9H16N2O4S/c1-4-7(6-10)16(14,15)11(3)8(5-2)9(12)13/h7-8H,4-5H2,1-3H3,(H,12,13). The molecule has 0 aliphatic rings. The molecule has 0 fully saturated rings. The Bertz CT molecular complexity index is 385. The molecule has 16 heavy (non-hydrogen) atoms. The predicted octanol–water partition coefficient (Wildman–Crippen LogP) is 0.413. The maximum absolute atomic E-state index is 11.8. The summed E-state index contributed by atoms with van der Waals surface area (Å²) < 4.78 is 24.4. The number of hydrogen-bond donors (Lipinski definition) is 1. The quantitative estimate of drug-likeness (QED) is 0.734. The molecule has 0 bridgehead atoms. The van der Waals surface area contributed by atoms with Crippen LogP contribution < -0.4 is 0 Å². The lowest BCUT2D eigenvalue weighted by atomic mass is 10.2. The Balaban J connectivity index is 5.18. The van der Waals surface area contributed by atoms with Gasteiger partial charge in [-0.25, -0.2) is 8.42 Å². The Morgan fingerprint density at radius 1 is 1.44 bits per heavy atom. The molecule has 1 N–H and O–H groups in total. The lowest BCUT2D eigenvalue weighted by Gasteiger charge is -2.24. The molecule has 0 aromatic heterocycles. The molecule has 6 nitrogen and oxygen atoms in total. The first kappa shape index (κ1) is 14.9. The number of rotatable bonds is 6. The number of sulfonamides is 1. The van der Waals surface area contributed by atoms with Crippen LogP contribution >= 0.6 is 0 Å². The molecule has 0 aromatic rings. The van der Waals surface area contributed by atoms with Crippen LogP contribution in [0.5, 0.6) is 0 Å². The Labute approximate surface area is 95.5 Å². The molecule has 0 spiro atoms. The van der Waals surface area contributed by atoms with E-state index in [1.807, 2.05) is 0 Å². The topological polar surface area (TPSA) is 98.5 Å². The van der Waals surface area contributed by atoms with Gasteiger partial charge in [0.2, 0.25) is 10.0 Å². The van der Waals surface area contributed by atoms with Gasteiger partial charge in [-0.3, -0.25) is 4.79 Å². The summed E-state index contributed by atoms with van der Waals surface area (Å²) in [6.45, 7) is 3.15. The molecular formula is C9H16N2O4S. The fourth-order valence-electron chi connectivity index (χ4n) is 1.33. The van der Waals surface area contributed by atoms with E-state index in [2.05, 4.69) is 0 Å². The minimum atomic E-state index is -3.87. The van der Waals surface area contributed by atoms with E-state index < -0.39 is 27.3 Å². The molecule has 0 amide bonds. The van der Waals surface area contributed by atoms with Crippen LogP contribution in [0, 0.1) is 11.3 Å². The van der Waals surface area contributed by atoms with Crippen molar-refractivity contribution < 1.29 is 18.3 Å². The van der Waals surface area contributed by atoms with Gasteiger partial charge in [0.05, 0.1) is 6.07 Å². The third-order valence-corrected chi connectivity index (χ3v) is 4.60. The summed E-state index contributed by atoms with van der Waals surface area (Å²) in [6, 6.07) is 0.550. The van der Waals surface area contributed by atoms with Crippen molar-refractivity contribution in [3.05, 3.63) is 0 Å². The van der Waals surface area contributed by atoms with Crippen LogP contribution in [0.2, 0.25) is 0 Å². The lowest BCUT2D eigenvalue weighted by molar-refractivity contribution is -0.141. The van der Waals surface area contributed by atoms with E-state index in [1.54, 1.807) is 19.9 Å². The van der Waals surface area contributed by atoms with Gasteiger partial charge < -0.3 is 5.11 Å². The van der Waals surface area contributed by atoms with Crippen LogP contribution in [0.1, 0.15) is 26.7 Å². The number of carboxylic acids is 1. The average Bonchev–Trinajstić information content (AvgIpc) is 2.19. The van der Waals surface area contributed by atoms with E-state index in [0.29, 0.717) is 0 Å². The van der Waals surface area contributed by atoms with E-state index in [0.717, 1.165) is 4.31 Å². The Hall–Kier alpha value is -1.13. The molecule has 0 saturated heterocycles. The summed E-state index contributed by atoms with van der Waals surface area (Å²) in [5.41, 5.74) is 0. The van der Waals surface area contributed by atoms with Crippen molar-refractivity contribution in [3.8, 4) is 6.07 Å². The number of nitriles is 1. The highest BCUT2D eigenvalue weighted by molar-refractivity contribution is 7.90. The minimum absolute atomic E-state index is 0.138. The molecule has 92 valence electrons. The molecule has 0 aliphatic carbocycles. The zero-order valence-corrected chi connectivity index (χ0v) is 10.4. The summed E-state index contributed by atoms with van der Waals surface area (Å²) in [4.78, 5) is 10.8. The molecule has 0 aromatic carbocycles. The summed E-state index contributed by atoms with van der Waals surface area (Å²) >= 11 is 0. The Morgan fingerprint density at radius 3 is 2.19 bits per heavy atom. The third-order valence-electron chi connectivity index (χ3n) is 2.39. The first-order chi connectivity index (χ1) is 7.32. The SMILES string of the molecule is CCC(C(=O)O)N(C)S(=O)(=O)C(C#N)CC. The predicted molar refractivity (Wildman–Crippen MR) is 58.1 cm³/mol. The van der Waals surface area contributed by atoms with Gasteiger partial charge in [0.1, 0.15) is 6.04 Å². The van der Waals surface area contributed by atoms with E-state index in [9.17, 15) is 13.2 Å². The molecule has 0 aliphatic heterocycles. The Morgan fingerprint density at radius 2 is 1.94 bits per heavy atom. The summed E-state index contributed by atoms with van der Waals surface area (Å²) in [5, 5.41) is 16.4. The van der Waals surface area contributed by atoms with Gasteiger partial charge in [-0.05, 0) is 12.8 Å². The fraction of sp³-hybridized carbons (Fsp3) is 0.778. The number of carboxylic acid groups (broad SMARTS) is 1. The van der Waals surface area contributed by atoms with Crippen molar-refractivity contribution in [2.24, 2.45) is 0 Å². The smallest absolute Gasteiger partial charge is 0.321 e. The van der Waals surface area contributed by atoms with Crippen molar-refractivity contribution in [1.29, 1.82) is 5.26 Å². The van der Waals surface area contributed by atoms with Gasteiger partial charge in [0.15, 0.2) is 5.25 Å². The van der Waals surface area contributed by atoms with Crippen LogP contribution in [-0.2, 0) is 14.8 Å². The molecule has 0 heterocycles. The molecule has 7 heteroatoms. The number of likely N-dealkylation sites (N-methyl/N-ethyl adjacent to an activating group) is 1. The second-order valence-electron chi connectivity index (χ2n) is 3.35. The van der Waals surface area contributed by atoms with Crippen LogP contribution in [0.3, 0.4) is 0 Å². The average molecular weight is 248 g/mol. The highest BCUT2D eigenvalue weighted by Crippen LogP contribution is 2.15. The zero-order valence-electron chi connectivity index (χ0n) is 9.54. The van der Waals surface area contributed by atoms with E-state index in [4.69, 9.17) is 10.4 Å². The van der Waals surface area contributed by atoms with Crippen LogP contribution in [-0.4, -0.2) is 42.1 Å². The number of nitrogens with zero attached hydrogens (tertiary/aromatic N) is 2. The molecule has 0 radical (unpaired) electrons. The Kier molecular flexibility index (Phi) is 5.41. The lowest BCUT2D eigenvalue weighted by Crippen LogP contribution is -2.45. The first-order valence-electron chi connectivity index (χ1n) is 4.92. The highest BCUT2D eigenvalue weighted by atomic mass is 32.2. The number of aliphatic carboxylic acids is 1. The number of carbonyl (C=O) groups is 1. The van der Waals surface area contributed by atoms with Crippen LogP contribution in [0.25, 0.3) is 0 Å². The largest absolute Gasteiger partial charge is 0.480 e. The van der Waals surface area contributed by atoms with Crippen molar-refractivity contribution in [1.82, 2.24) is 4.31 Å². The van der Waals surface area contributed by atoms with Crippen LogP contribution in [0.4, 0.5) is 0 Å². The summed E-state index contributed by atoms with van der Waals surface area (Å²) in [7, 11) is -2.67. The van der Waals surface area contributed by atoms with Gasteiger partial charge in [-0.2, -0.15) is 9.57 Å². The van der Waals surface area contributed by atoms with Gasteiger partial charge in [0.25, 0.3) is 0 Å². The molecule has 2 atom stereocenters. The van der Waals surface area contributed by atoms with E-state index >= 15 is 0 Å². The molecule has 0 rings (SSSR count). The van der Waals surface area contributed by atoms with Gasteiger partial charge in [-0.15, -0.1) is 0 Å². The maximum Gasteiger partial charge on any atom is 0.321 e. The minimum Gasteiger partial charge on any atom is -0.480 e. The second kappa shape index (κ2) is 5.82. The van der Waals surface area contributed by atoms with Crippen molar-refractivity contribution in [2.75, 3.05) is 7.05 Å². The van der Waals surface area contributed by atoms with Crippen LogP contribution in [0.15, 0.2) is 0 Å². The molecular weight excluding hydrogens is 232 g/mol. The fourth-order valence-corrected chi connectivity index (χ4v) is 2.88. The zero-order chi connectivity index (χ0) is 12.9. The van der Waals surface area contributed by atoms with Gasteiger partial charge in [0, 0.05) is 7.05 Å². The highest BCUT2D eigenvalue weighted by Gasteiger charge is 2.35. The van der Waals surface area contributed by atoms with Gasteiger partial charge in [-0.1, -0.05) is 13.8 Å². The van der Waals surface area contributed by atoms with Crippen molar-refractivity contribution in [2.45, 2.75) is 38.0 Å². The third kappa shape index (κ3) is 2.93.